The topological polar surface area (TPSA) is 64.3 Å². The number of hydrogen-bond donors (Lipinski definition) is 2. The van der Waals surface area contributed by atoms with Gasteiger partial charge in [0.2, 0.25) is 0 Å². The third kappa shape index (κ3) is 3.26. The van der Waals surface area contributed by atoms with E-state index in [2.05, 4.69) is 21.2 Å². The molecule has 2 aromatic rings. The highest BCUT2D eigenvalue weighted by atomic mass is 79.9. The molecule has 0 unspecified atom stereocenters. The number of carbonyl (C=O) groups excluding carboxylic acids is 1. The van der Waals surface area contributed by atoms with E-state index in [0.29, 0.717) is 21.4 Å². The van der Waals surface area contributed by atoms with Crippen molar-refractivity contribution in [2.45, 2.75) is 0 Å². The van der Waals surface area contributed by atoms with Crippen LogP contribution in [0.2, 0.25) is 0 Å². The summed E-state index contributed by atoms with van der Waals surface area (Å²) in [6.07, 6.45) is 0. The maximum atomic E-state index is 12.1. The summed E-state index contributed by atoms with van der Waals surface area (Å²) < 4.78 is 5.76. The van der Waals surface area contributed by atoms with Crippen molar-refractivity contribution in [2.24, 2.45) is 0 Å². The van der Waals surface area contributed by atoms with Crippen molar-refractivity contribution < 1.29 is 9.53 Å². The molecule has 0 aliphatic heterocycles. The summed E-state index contributed by atoms with van der Waals surface area (Å²) in [6.45, 7) is 0. The Morgan fingerprint density at radius 2 is 1.89 bits per heavy atom. The molecule has 2 rings (SSSR count). The number of rotatable bonds is 3. The summed E-state index contributed by atoms with van der Waals surface area (Å²) >= 11 is 3.33. The lowest BCUT2D eigenvalue weighted by molar-refractivity contribution is 0.102. The minimum atomic E-state index is -0.218. The van der Waals surface area contributed by atoms with Gasteiger partial charge >= 0.3 is 0 Å². The zero-order valence-electron chi connectivity index (χ0n) is 10.3. The van der Waals surface area contributed by atoms with Crippen LogP contribution in [0.3, 0.4) is 0 Å². The van der Waals surface area contributed by atoms with Gasteiger partial charge in [0.05, 0.1) is 12.7 Å². The van der Waals surface area contributed by atoms with E-state index in [0.717, 1.165) is 5.75 Å². The predicted octanol–water partition coefficient (Wildman–Crippen LogP) is 3.29. The van der Waals surface area contributed by atoms with E-state index in [4.69, 9.17) is 10.5 Å². The van der Waals surface area contributed by atoms with Gasteiger partial charge in [0.25, 0.3) is 5.91 Å². The molecule has 0 aliphatic rings. The molecular formula is C14H13BrN2O2. The highest BCUT2D eigenvalue weighted by molar-refractivity contribution is 9.10. The molecule has 98 valence electrons. The number of halogens is 1. The van der Waals surface area contributed by atoms with E-state index in [1.807, 2.05) is 0 Å². The molecule has 0 aromatic heterocycles. The SMILES string of the molecule is COc1ccc(NC(=O)c2cc(N)ccc2Br)cc1. The highest BCUT2D eigenvalue weighted by Crippen LogP contribution is 2.21. The molecule has 3 N–H and O–H groups in total. The van der Waals surface area contributed by atoms with Gasteiger partial charge in [0, 0.05) is 15.8 Å². The second-order valence-electron chi connectivity index (χ2n) is 3.92. The lowest BCUT2D eigenvalue weighted by Crippen LogP contribution is -2.12. The Kier molecular flexibility index (Phi) is 4.06. The Hall–Kier alpha value is -2.01. The van der Waals surface area contributed by atoms with Crippen LogP contribution < -0.4 is 15.8 Å². The van der Waals surface area contributed by atoms with Crippen molar-refractivity contribution in [1.82, 2.24) is 0 Å². The summed E-state index contributed by atoms with van der Waals surface area (Å²) in [5.74, 6) is 0.521. The minimum Gasteiger partial charge on any atom is -0.497 e. The number of nitrogen functional groups attached to an aromatic ring is 1. The predicted molar refractivity (Wildman–Crippen MR) is 79.5 cm³/mol. The van der Waals surface area contributed by atoms with E-state index >= 15 is 0 Å². The fourth-order valence-corrected chi connectivity index (χ4v) is 2.02. The van der Waals surface area contributed by atoms with Crippen LogP contribution in [0, 0.1) is 0 Å². The smallest absolute Gasteiger partial charge is 0.256 e. The fourth-order valence-electron chi connectivity index (χ4n) is 1.59. The average molecular weight is 321 g/mol. The van der Waals surface area contributed by atoms with Gasteiger partial charge in [-0.15, -0.1) is 0 Å². The van der Waals surface area contributed by atoms with Crippen molar-refractivity contribution >= 4 is 33.2 Å². The molecular weight excluding hydrogens is 308 g/mol. The molecule has 0 saturated heterocycles. The summed E-state index contributed by atoms with van der Waals surface area (Å²) in [5.41, 5.74) is 7.41. The van der Waals surface area contributed by atoms with E-state index < -0.39 is 0 Å². The van der Waals surface area contributed by atoms with E-state index in [1.54, 1.807) is 49.6 Å². The van der Waals surface area contributed by atoms with Crippen LogP contribution in [-0.2, 0) is 0 Å². The molecule has 2 aromatic carbocycles. The third-order valence-corrected chi connectivity index (χ3v) is 3.27. The van der Waals surface area contributed by atoms with Crippen LogP contribution >= 0.6 is 15.9 Å². The van der Waals surface area contributed by atoms with Crippen LogP contribution in [0.25, 0.3) is 0 Å². The molecule has 0 heterocycles. The Morgan fingerprint density at radius 3 is 2.53 bits per heavy atom. The van der Waals surface area contributed by atoms with Gasteiger partial charge in [-0.25, -0.2) is 0 Å². The van der Waals surface area contributed by atoms with Crippen LogP contribution in [0.15, 0.2) is 46.9 Å². The van der Waals surface area contributed by atoms with Crippen molar-refractivity contribution in [2.75, 3.05) is 18.2 Å². The van der Waals surface area contributed by atoms with Gasteiger partial charge in [0.1, 0.15) is 5.75 Å². The molecule has 0 aliphatic carbocycles. The normalized spacial score (nSPS) is 10.0. The average Bonchev–Trinajstić information content (AvgIpc) is 2.42. The lowest BCUT2D eigenvalue weighted by atomic mass is 10.2. The second-order valence-corrected chi connectivity index (χ2v) is 4.78. The second kappa shape index (κ2) is 5.75. The zero-order valence-corrected chi connectivity index (χ0v) is 11.9. The molecule has 5 heteroatoms. The summed E-state index contributed by atoms with van der Waals surface area (Å²) in [4.78, 5) is 12.1. The molecule has 0 atom stereocenters. The molecule has 0 radical (unpaired) electrons. The molecule has 1 amide bonds. The third-order valence-electron chi connectivity index (χ3n) is 2.58. The largest absolute Gasteiger partial charge is 0.497 e. The summed E-state index contributed by atoms with van der Waals surface area (Å²) in [6, 6.07) is 12.2. The molecule has 0 fully saturated rings. The first-order chi connectivity index (χ1) is 9.10. The lowest BCUT2D eigenvalue weighted by Gasteiger charge is -2.08. The van der Waals surface area contributed by atoms with Gasteiger partial charge in [0.15, 0.2) is 0 Å². The molecule has 0 bridgehead atoms. The van der Waals surface area contributed by atoms with Gasteiger partial charge in [-0.05, 0) is 58.4 Å². The van der Waals surface area contributed by atoms with Crippen molar-refractivity contribution in [3.63, 3.8) is 0 Å². The first kappa shape index (κ1) is 13.4. The number of hydrogen-bond acceptors (Lipinski definition) is 3. The van der Waals surface area contributed by atoms with Gasteiger partial charge in [-0.2, -0.15) is 0 Å². The molecule has 19 heavy (non-hydrogen) atoms. The monoisotopic (exact) mass is 320 g/mol. The number of nitrogens with two attached hydrogens (primary N) is 1. The summed E-state index contributed by atoms with van der Waals surface area (Å²) in [5, 5.41) is 2.80. The Balaban J connectivity index is 2.18. The quantitative estimate of drug-likeness (QED) is 0.853. The van der Waals surface area contributed by atoms with Crippen LogP contribution in [-0.4, -0.2) is 13.0 Å². The van der Waals surface area contributed by atoms with Gasteiger partial charge in [-0.1, -0.05) is 0 Å². The van der Waals surface area contributed by atoms with E-state index in [1.165, 1.54) is 0 Å². The van der Waals surface area contributed by atoms with Gasteiger partial charge in [-0.3, -0.25) is 4.79 Å². The number of anilines is 2. The number of benzene rings is 2. The van der Waals surface area contributed by atoms with E-state index in [9.17, 15) is 4.79 Å². The Bertz CT molecular complexity index is 597. The fraction of sp³-hybridized carbons (Fsp3) is 0.0714. The number of carbonyl (C=O) groups is 1. The molecule has 0 spiro atoms. The number of nitrogens with one attached hydrogen (secondary N) is 1. The molecule has 4 nitrogen and oxygen atoms in total. The first-order valence-corrected chi connectivity index (χ1v) is 6.40. The Morgan fingerprint density at radius 1 is 1.21 bits per heavy atom. The van der Waals surface area contributed by atoms with E-state index in [-0.39, 0.29) is 5.91 Å². The maximum Gasteiger partial charge on any atom is 0.256 e. The number of ether oxygens (including phenoxy) is 1. The van der Waals surface area contributed by atoms with Crippen molar-refractivity contribution in [3.05, 3.63) is 52.5 Å². The van der Waals surface area contributed by atoms with Gasteiger partial charge < -0.3 is 15.8 Å². The van der Waals surface area contributed by atoms with Crippen molar-refractivity contribution in [3.8, 4) is 5.75 Å². The minimum absolute atomic E-state index is 0.218. The Labute approximate surface area is 119 Å². The molecule has 0 saturated carbocycles. The first-order valence-electron chi connectivity index (χ1n) is 5.60. The number of amides is 1. The van der Waals surface area contributed by atoms with Crippen LogP contribution in [0.4, 0.5) is 11.4 Å². The highest BCUT2D eigenvalue weighted by Gasteiger charge is 2.10. The standard InChI is InChI=1S/C14H13BrN2O2/c1-19-11-5-3-10(4-6-11)17-14(18)12-8-9(16)2-7-13(12)15/h2-8H,16H2,1H3,(H,17,18). The zero-order chi connectivity index (χ0) is 13.8. The summed E-state index contributed by atoms with van der Waals surface area (Å²) in [7, 11) is 1.59. The number of methoxy groups -OCH3 is 1. The van der Waals surface area contributed by atoms with Crippen LogP contribution in [0.5, 0.6) is 5.75 Å². The maximum absolute atomic E-state index is 12.1. The van der Waals surface area contributed by atoms with Crippen molar-refractivity contribution in [1.29, 1.82) is 0 Å². The van der Waals surface area contributed by atoms with Crippen LogP contribution in [0.1, 0.15) is 10.4 Å².